The molecule has 0 unspecified atom stereocenters. The van der Waals surface area contributed by atoms with Crippen LogP contribution in [0.2, 0.25) is 0 Å². The first kappa shape index (κ1) is 7.69. The van der Waals surface area contributed by atoms with Gasteiger partial charge in [-0.15, -0.1) is 11.3 Å². The maximum absolute atomic E-state index is 5.17. The molecule has 0 spiro atoms. The van der Waals surface area contributed by atoms with Crippen LogP contribution in [0, 0.1) is 0 Å². The largest absolute Gasteiger partial charge is 0.381 e. The molecule has 0 fully saturated rings. The fourth-order valence-electron chi connectivity index (χ4n) is 0.682. The Hall–Kier alpha value is -0.410. The molecular weight excluding hydrogens is 146 g/mol. The normalized spacial score (nSPS) is 10.1. The highest BCUT2D eigenvalue weighted by atomic mass is 32.1. The zero-order valence-corrected chi connectivity index (χ0v) is 6.86. The highest BCUT2D eigenvalue weighted by molar-refractivity contribution is 7.07. The number of aromatic nitrogens is 1. The molecule has 2 nitrogen and oxygen atoms in total. The zero-order valence-electron chi connectivity index (χ0n) is 6.04. The number of hydrogen-bond donors (Lipinski definition) is 0. The van der Waals surface area contributed by atoms with Gasteiger partial charge in [-0.2, -0.15) is 0 Å². The van der Waals surface area contributed by atoms with E-state index in [0.717, 1.165) is 25.3 Å². The van der Waals surface area contributed by atoms with Crippen molar-refractivity contribution in [2.24, 2.45) is 0 Å². The first-order chi connectivity index (χ1) is 4.93. The van der Waals surface area contributed by atoms with Crippen molar-refractivity contribution >= 4 is 11.3 Å². The molecular formula is C7H11NOS. The molecule has 0 saturated carbocycles. The number of hydrogen-bond acceptors (Lipinski definition) is 3. The van der Waals surface area contributed by atoms with E-state index in [1.807, 2.05) is 12.4 Å². The average molecular weight is 157 g/mol. The Kier molecular flexibility index (Phi) is 3.40. The summed E-state index contributed by atoms with van der Waals surface area (Å²) in [5, 5.41) is 2.05. The summed E-state index contributed by atoms with van der Waals surface area (Å²) in [6, 6.07) is 0. The van der Waals surface area contributed by atoms with Crippen molar-refractivity contribution < 1.29 is 4.74 Å². The summed E-state index contributed by atoms with van der Waals surface area (Å²) in [6.07, 6.45) is 0.942. The molecule has 1 aromatic heterocycles. The Labute approximate surface area is 64.9 Å². The molecule has 0 radical (unpaired) electrons. The minimum Gasteiger partial charge on any atom is -0.381 e. The van der Waals surface area contributed by atoms with E-state index < -0.39 is 0 Å². The summed E-state index contributed by atoms with van der Waals surface area (Å²) in [4.78, 5) is 4.13. The summed E-state index contributed by atoms with van der Waals surface area (Å²) in [7, 11) is 0. The van der Waals surface area contributed by atoms with Crippen LogP contribution in [0.3, 0.4) is 0 Å². The van der Waals surface area contributed by atoms with Crippen molar-refractivity contribution in [3.63, 3.8) is 0 Å². The van der Waals surface area contributed by atoms with E-state index in [1.165, 1.54) is 0 Å². The quantitative estimate of drug-likeness (QED) is 0.621. The van der Waals surface area contributed by atoms with Crippen LogP contribution < -0.4 is 0 Å². The van der Waals surface area contributed by atoms with Gasteiger partial charge in [0.05, 0.1) is 17.8 Å². The van der Waals surface area contributed by atoms with Crippen LogP contribution in [0.4, 0.5) is 0 Å². The third-order valence-electron chi connectivity index (χ3n) is 1.19. The van der Waals surface area contributed by atoms with Gasteiger partial charge in [0.2, 0.25) is 0 Å². The lowest BCUT2D eigenvalue weighted by atomic mass is 10.4. The van der Waals surface area contributed by atoms with E-state index in [0.29, 0.717) is 0 Å². The van der Waals surface area contributed by atoms with Crippen molar-refractivity contribution in [1.82, 2.24) is 4.98 Å². The van der Waals surface area contributed by atoms with Crippen LogP contribution in [-0.2, 0) is 11.2 Å². The molecule has 1 rings (SSSR count). The van der Waals surface area contributed by atoms with Crippen LogP contribution in [-0.4, -0.2) is 18.2 Å². The van der Waals surface area contributed by atoms with Gasteiger partial charge in [0.25, 0.3) is 0 Å². The Morgan fingerprint density at radius 1 is 1.70 bits per heavy atom. The van der Waals surface area contributed by atoms with Crippen LogP contribution >= 0.6 is 11.3 Å². The molecule has 56 valence electrons. The van der Waals surface area contributed by atoms with E-state index in [9.17, 15) is 0 Å². The van der Waals surface area contributed by atoms with Gasteiger partial charge in [-0.05, 0) is 6.92 Å². The maximum atomic E-state index is 5.17. The fourth-order valence-corrected chi connectivity index (χ4v) is 1.27. The van der Waals surface area contributed by atoms with Gasteiger partial charge in [-0.3, -0.25) is 0 Å². The molecule has 0 bridgehead atoms. The summed E-state index contributed by atoms with van der Waals surface area (Å²) >= 11 is 1.63. The van der Waals surface area contributed by atoms with Crippen molar-refractivity contribution in [2.45, 2.75) is 13.3 Å². The SMILES string of the molecule is CCOCCc1cscn1. The van der Waals surface area contributed by atoms with Gasteiger partial charge in [-0.25, -0.2) is 4.98 Å². The Bertz CT molecular complexity index is 162. The maximum Gasteiger partial charge on any atom is 0.0794 e. The van der Waals surface area contributed by atoms with E-state index in [2.05, 4.69) is 10.4 Å². The van der Waals surface area contributed by atoms with Crippen LogP contribution in [0.25, 0.3) is 0 Å². The molecule has 3 heteroatoms. The molecule has 0 aliphatic heterocycles. The molecule has 0 aromatic carbocycles. The van der Waals surface area contributed by atoms with Gasteiger partial charge >= 0.3 is 0 Å². The van der Waals surface area contributed by atoms with Gasteiger partial charge in [0, 0.05) is 18.4 Å². The summed E-state index contributed by atoms with van der Waals surface area (Å²) in [5.41, 5.74) is 2.99. The van der Waals surface area contributed by atoms with Crippen molar-refractivity contribution in [3.05, 3.63) is 16.6 Å². The average Bonchev–Trinajstić information content (AvgIpc) is 2.41. The van der Waals surface area contributed by atoms with Crippen LogP contribution in [0.15, 0.2) is 10.9 Å². The van der Waals surface area contributed by atoms with Crippen molar-refractivity contribution in [1.29, 1.82) is 0 Å². The van der Waals surface area contributed by atoms with E-state index in [1.54, 1.807) is 11.3 Å². The monoisotopic (exact) mass is 157 g/mol. The molecule has 1 aromatic rings. The highest BCUT2D eigenvalue weighted by Gasteiger charge is 1.92. The topological polar surface area (TPSA) is 22.1 Å². The lowest BCUT2D eigenvalue weighted by Gasteiger charge is -1.96. The molecule has 1 heterocycles. The minimum absolute atomic E-state index is 0.792. The van der Waals surface area contributed by atoms with Crippen molar-refractivity contribution in [3.8, 4) is 0 Å². The summed E-state index contributed by atoms with van der Waals surface area (Å²) in [6.45, 7) is 3.59. The first-order valence-corrected chi connectivity index (χ1v) is 4.32. The zero-order chi connectivity index (χ0) is 7.23. The molecule has 0 N–H and O–H groups in total. The first-order valence-electron chi connectivity index (χ1n) is 3.38. The molecule has 10 heavy (non-hydrogen) atoms. The molecule has 0 aliphatic rings. The molecule has 0 amide bonds. The number of thiazole rings is 1. The van der Waals surface area contributed by atoms with Crippen LogP contribution in [0.5, 0.6) is 0 Å². The predicted molar refractivity (Wildman–Crippen MR) is 42.3 cm³/mol. The van der Waals surface area contributed by atoms with E-state index >= 15 is 0 Å². The van der Waals surface area contributed by atoms with E-state index in [4.69, 9.17) is 4.74 Å². The second-order valence-corrected chi connectivity index (χ2v) is 2.65. The van der Waals surface area contributed by atoms with E-state index in [-0.39, 0.29) is 0 Å². The standard InChI is InChI=1S/C7H11NOS/c1-2-9-4-3-7-5-10-6-8-7/h5-6H,2-4H2,1H3. The number of ether oxygens (including phenoxy) is 1. The minimum atomic E-state index is 0.792. The Morgan fingerprint density at radius 3 is 3.20 bits per heavy atom. The molecule has 0 aliphatic carbocycles. The second-order valence-electron chi connectivity index (χ2n) is 1.93. The summed E-state index contributed by atoms with van der Waals surface area (Å²) < 4.78 is 5.17. The third kappa shape index (κ3) is 2.45. The molecule has 0 saturated heterocycles. The third-order valence-corrected chi connectivity index (χ3v) is 1.83. The van der Waals surface area contributed by atoms with Gasteiger partial charge in [0.1, 0.15) is 0 Å². The fraction of sp³-hybridized carbons (Fsp3) is 0.571. The number of rotatable bonds is 4. The van der Waals surface area contributed by atoms with Gasteiger partial charge in [-0.1, -0.05) is 0 Å². The van der Waals surface area contributed by atoms with Crippen LogP contribution in [0.1, 0.15) is 12.6 Å². The lowest BCUT2D eigenvalue weighted by molar-refractivity contribution is 0.150. The Balaban J connectivity index is 2.15. The lowest BCUT2D eigenvalue weighted by Crippen LogP contribution is -1.97. The predicted octanol–water partition coefficient (Wildman–Crippen LogP) is 1.72. The van der Waals surface area contributed by atoms with Crippen molar-refractivity contribution in [2.75, 3.05) is 13.2 Å². The Morgan fingerprint density at radius 2 is 2.60 bits per heavy atom. The highest BCUT2D eigenvalue weighted by Crippen LogP contribution is 2.01. The molecule has 0 atom stereocenters. The second kappa shape index (κ2) is 4.41. The van der Waals surface area contributed by atoms with Gasteiger partial charge in [0.15, 0.2) is 0 Å². The van der Waals surface area contributed by atoms with Gasteiger partial charge < -0.3 is 4.74 Å². The summed E-state index contributed by atoms with van der Waals surface area (Å²) in [5.74, 6) is 0. The number of nitrogens with zero attached hydrogens (tertiary/aromatic N) is 1. The smallest absolute Gasteiger partial charge is 0.0794 e.